The molecule has 1 aromatic carbocycles. The zero-order valence-corrected chi connectivity index (χ0v) is 9.80. The van der Waals surface area contributed by atoms with Gasteiger partial charge in [0.15, 0.2) is 0 Å². The van der Waals surface area contributed by atoms with Crippen LogP contribution < -0.4 is 0 Å². The van der Waals surface area contributed by atoms with Crippen molar-refractivity contribution < 1.29 is 14.6 Å². The maximum atomic E-state index is 11.5. The van der Waals surface area contributed by atoms with Gasteiger partial charge in [0.1, 0.15) is 0 Å². The highest BCUT2D eigenvalue weighted by molar-refractivity contribution is 5.89. The highest BCUT2D eigenvalue weighted by atomic mass is 16.5. The summed E-state index contributed by atoms with van der Waals surface area (Å²) in [6.07, 6.45) is 4.19. The largest absolute Gasteiger partial charge is 0.462 e. The van der Waals surface area contributed by atoms with Gasteiger partial charge in [0.05, 0.1) is 18.3 Å². The van der Waals surface area contributed by atoms with Gasteiger partial charge in [-0.15, -0.1) is 0 Å². The second-order valence-electron chi connectivity index (χ2n) is 4.14. The zero-order valence-electron chi connectivity index (χ0n) is 9.80. The van der Waals surface area contributed by atoms with E-state index in [-0.39, 0.29) is 18.0 Å². The van der Waals surface area contributed by atoms with Crippen LogP contribution in [0.2, 0.25) is 0 Å². The third-order valence-electron chi connectivity index (χ3n) is 2.91. The second-order valence-corrected chi connectivity index (χ2v) is 4.14. The number of ether oxygens (including phenoxy) is 1. The van der Waals surface area contributed by atoms with Gasteiger partial charge >= 0.3 is 5.97 Å². The van der Waals surface area contributed by atoms with Crippen LogP contribution in [0.25, 0.3) is 0 Å². The smallest absolute Gasteiger partial charge is 0.338 e. The topological polar surface area (TPSA) is 46.5 Å². The Kier molecular flexibility index (Phi) is 3.59. The third kappa shape index (κ3) is 2.74. The van der Waals surface area contributed by atoms with Crippen molar-refractivity contribution in [3.8, 4) is 0 Å². The standard InChI is InChI=1S/C14H16O3/c1-2-17-14(16)11-5-3-10(4-6-11)12-7-8-13(15)9-12/h3-8,12-13,15H,2,9H2,1H3/t12-,13-/m1/s1. The van der Waals surface area contributed by atoms with Crippen molar-refractivity contribution in [2.45, 2.75) is 25.4 Å². The summed E-state index contributed by atoms with van der Waals surface area (Å²) in [6.45, 7) is 2.18. The van der Waals surface area contributed by atoms with Crippen LogP contribution in [0.15, 0.2) is 36.4 Å². The molecule has 0 bridgehead atoms. The lowest BCUT2D eigenvalue weighted by Crippen LogP contribution is -2.05. The van der Waals surface area contributed by atoms with E-state index < -0.39 is 0 Å². The van der Waals surface area contributed by atoms with E-state index in [0.29, 0.717) is 12.2 Å². The molecule has 0 amide bonds. The van der Waals surface area contributed by atoms with Crippen LogP contribution in [0.1, 0.15) is 35.2 Å². The van der Waals surface area contributed by atoms with E-state index in [1.165, 1.54) is 0 Å². The molecule has 17 heavy (non-hydrogen) atoms. The number of esters is 1. The Labute approximate surface area is 101 Å². The van der Waals surface area contributed by atoms with E-state index in [9.17, 15) is 9.90 Å². The number of benzene rings is 1. The number of carbonyl (C=O) groups is 1. The number of carbonyl (C=O) groups excluding carboxylic acids is 1. The van der Waals surface area contributed by atoms with E-state index in [0.717, 1.165) is 12.0 Å². The van der Waals surface area contributed by atoms with Gasteiger partial charge in [-0.25, -0.2) is 4.79 Å². The number of aliphatic hydroxyl groups excluding tert-OH is 1. The molecule has 90 valence electrons. The first-order valence-electron chi connectivity index (χ1n) is 5.84. The van der Waals surface area contributed by atoms with E-state index in [1.54, 1.807) is 19.1 Å². The highest BCUT2D eigenvalue weighted by Gasteiger charge is 2.18. The number of aliphatic hydroxyl groups is 1. The second kappa shape index (κ2) is 5.15. The van der Waals surface area contributed by atoms with Gasteiger partial charge in [0.25, 0.3) is 0 Å². The first kappa shape index (κ1) is 11.9. The minimum Gasteiger partial charge on any atom is -0.462 e. The summed E-state index contributed by atoms with van der Waals surface area (Å²) in [6, 6.07) is 7.37. The SMILES string of the molecule is CCOC(=O)c1ccc([C@@H]2C=C[C@@H](O)C2)cc1. The number of allylic oxidation sites excluding steroid dienone is 1. The van der Waals surface area contributed by atoms with Crippen LogP contribution >= 0.6 is 0 Å². The van der Waals surface area contributed by atoms with Crippen LogP contribution in [0.4, 0.5) is 0 Å². The minimum absolute atomic E-state index is 0.251. The van der Waals surface area contributed by atoms with E-state index in [4.69, 9.17) is 4.74 Å². The predicted molar refractivity (Wildman–Crippen MR) is 64.9 cm³/mol. The molecule has 0 aliphatic heterocycles. The molecule has 1 aliphatic carbocycles. The molecule has 1 aromatic rings. The van der Waals surface area contributed by atoms with Crippen LogP contribution in [0.3, 0.4) is 0 Å². The van der Waals surface area contributed by atoms with Gasteiger partial charge in [-0.05, 0) is 31.0 Å². The van der Waals surface area contributed by atoms with Crippen molar-refractivity contribution in [3.05, 3.63) is 47.5 Å². The quantitative estimate of drug-likeness (QED) is 0.642. The van der Waals surface area contributed by atoms with Crippen molar-refractivity contribution in [3.63, 3.8) is 0 Å². The lowest BCUT2D eigenvalue weighted by Gasteiger charge is -2.09. The Balaban J connectivity index is 2.08. The fourth-order valence-corrected chi connectivity index (χ4v) is 2.01. The molecule has 0 heterocycles. The fourth-order valence-electron chi connectivity index (χ4n) is 2.01. The molecule has 0 saturated heterocycles. The van der Waals surface area contributed by atoms with Gasteiger partial charge < -0.3 is 9.84 Å². The zero-order chi connectivity index (χ0) is 12.3. The summed E-state index contributed by atoms with van der Waals surface area (Å²) in [5, 5.41) is 9.41. The molecule has 0 fully saturated rings. The molecular formula is C14H16O3. The molecular weight excluding hydrogens is 216 g/mol. The molecule has 2 rings (SSSR count). The third-order valence-corrected chi connectivity index (χ3v) is 2.91. The normalized spacial score (nSPS) is 22.7. The number of hydrogen-bond donors (Lipinski definition) is 1. The van der Waals surface area contributed by atoms with Crippen molar-refractivity contribution in [2.24, 2.45) is 0 Å². The lowest BCUT2D eigenvalue weighted by molar-refractivity contribution is 0.0526. The van der Waals surface area contributed by atoms with Crippen molar-refractivity contribution in [1.82, 2.24) is 0 Å². The van der Waals surface area contributed by atoms with Gasteiger partial charge in [-0.2, -0.15) is 0 Å². The molecule has 3 nitrogen and oxygen atoms in total. The lowest BCUT2D eigenvalue weighted by atomic mass is 9.97. The monoisotopic (exact) mass is 232 g/mol. The summed E-state index contributed by atoms with van der Waals surface area (Å²) < 4.78 is 4.92. The van der Waals surface area contributed by atoms with E-state index >= 15 is 0 Å². The van der Waals surface area contributed by atoms with Gasteiger partial charge in [0.2, 0.25) is 0 Å². The molecule has 0 aromatic heterocycles. The van der Waals surface area contributed by atoms with E-state index in [1.807, 2.05) is 24.3 Å². The fraction of sp³-hybridized carbons (Fsp3) is 0.357. The average Bonchev–Trinajstić information content (AvgIpc) is 2.76. The van der Waals surface area contributed by atoms with Crippen molar-refractivity contribution in [1.29, 1.82) is 0 Å². The van der Waals surface area contributed by atoms with Gasteiger partial charge in [0, 0.05) is 5.92 Å². The molecule has 0 unspecified atom stereocenters. The molecule has 1 aliphatic rings. The molecule has 3 heteroatoms. The first-order valence-corrected chi connectivity index (χ1v) is 5.84. The number of hydrogen-bond acceptors (Lipinski definition) is 3. The Morgan fingerprint density at radius 1 is 1.35 bits per heavy atom. The molecule has 0 radical (unpaired) electrons. The van der Waals surface area contributed by atoms with Crippen molar-refractivity contribution >= 4 is 5.97 Å². The molecule has 1 N–H and O–H groups in total. The maximum absolute atomic E-state index is 11.5. The van der Waals surface area contributed by atoms with E-state index in [2.05, 4.69) is 0 Å². The Bertz CT molecular complexity index is 420. The maximum Gasteiger partial charge on any atom is 0.338 e. The number of rotatable bonds is 3. The van der Waals surface area contributed by atoms with Crippen LogP contribution in [0, 0.1) is 0 Å². The summed E-state index contributed by atoms with van der Waals surface area (Å²) in [7, 11) is 0. The first-order chi connectivity index (χ1) is 8.20. The Morgan fingerprint density at radius 2 is 2.06 bits per heavy atom. The molecule has 0 saturated carbocycles. The molecule has 2 atom stereocenters. The van der Waals surface area contributed by atoms with Crippen LogP contribution in [-0.2, 0) is 4.74 Å². The van der Waals surface area contributed by atoms with Gasteiger partial charge in [-0.3, -0.25) is 0 Å². The van der Waals surface area contributed by atoms with Crippen LogP contribution in [0.5, 0.6) is 0 Å². The Hall–Kier alpha value is -1.61. The van der Waals surface area contributed by atoms with Crippen molar-refractivity contribution in [2.75, 3.05) is 6.61 Å². The highest BCUT2D eigenvalue weighted by Crippen LogP contribution is 2.28. The Morgan fingerprint density at radius 3 is 2.59 bits per heavy atom. The van der Waals surface area contributed by atoms with Gasteiger partial charge in [-0.1, -0.05) is 24.3 Å². The summed E-state index contributed by atoms with van der Waals surface area (Å²) >= 11 is 0. The summed E-state index contributed by atoms with van der Waals surface area (Å²) in [5.41, 5.74) is 1.68. The van der Waals surface area contributed by atoms with Crippen LogP contribution in [-0.4, -0.2) is 23.8 Å². The summed E-state index contributed by atoms with van der Waals surface area (Å²) in [5.74, 6) is -0.0395. The predicted octanol–water partition coefficient (Wildman–Crippen LogP) is 2.27. The summed E-state index contributed by atoms with van der Waals surface area (Å²) in [4.78, 5) is 11.5. The molecule has 0 spiro atoms. The minimum atomic E-state index is -0.343. The average molecular weight is 232 g/mol.